The van der Waals surface area contributed by atoms with Gasteiger partial charge in [-0.25, -0.2) is 21.5 Å². The smallest absolute Gasteiger partial charge is 0.269 e. The van der Waals surface area contributed by atoms with Crippen LogP contribution < -0.4 is 4.74 Å². The molecule has 0 atom stereocenters. The molecule has 0 fully saturated rings. The minimum Gasteiger partial charge on any atom is -0.489 e. The van der Waals surface area contributed by atoms with Crippen LogP contribution in [-0.4, -0.2) is 31.8 Å². The van der Waals surface area contributed by atoms with Crippen molar-refractivity contribution in [3.63, 3.8) is 0 Å². The van der Waals surface area contributed by atoms with Crippen molar-refractivity contribution in [1.29, 1.82) is 0 Å². The summed E-state index contributed by atoms with van der Waals surface area (Å²) in [4.78, 5) is 12.1. The quantitative estimate of drug-likeness (QED) is 0.857. The van der Waals surface area contributed by atoms with E-state index >= 15 is 0 Å². The zero-order chi connectivity index (χ0) is 16.6. The topological polar surface area (TPSA) is 63.7 Å². The monoisotopic (exact) mass is 339 g/mol. The van der Waals surface area contributed by atoms with Gasteiger partial charge in [-0.05, 0) is 24.3 Å². The van der Waals surface area contributed by atoms with Crippen LogP contribution in [0.5, 0.6) is 5.75 Å². The molecule has 0 unspecified atom stereocenters. The third kappa shape index (κ3) is 2.65. The van der Waals surface area contributed by atoms with E-state index in [2.05, 4.69) is 0 Å². The molecule has 0 aromatic heterocycles. The molecule has 120 valence electrons. The van der Waals surface area contributed by atoms with E-state index in [-0.39, 0.29) is 29.4 Å². The van der Waals surface area contributed by atoms with Crippen LogP contribution in [0.15, 0.2) is 47.4 Å². The summed E-state index contributed by atoms with van der Waals surface area (Å²) in [7, 11) is -3.92. The van der Waals surface area contributed by atoms with E-state index in [1.54, 1.807) is 6.07 Å². The minimum absolute atomic E-state index is 0.0574. The molecule has 0 saturated heterocycles. The van der Waals surface area contributed by atoms with E-state index in [9.17, 15) is 22.0 Å². The molecular weight excluding hydrogens is 328 g/mol. The van der Waals surface area contributed by atoms with Crippen molar-refractivity contribution in [3.8, 4) is 5.75 Å². The Labute approximate surface area is 131 Å². The summed E-state index contributed by atoms with van der Waals surface area (Å²) in [6.07, 6.45) is 0. The van der Waals surface area contributed by atoms with Crippen LogP contribution in [0.4, 0.5) is 8.78 Å². The summed E-state index contributed by atoms with van der Waals surface area (Å²) >= 11 is 0. The van der Waals surface area contributed by atoms with Gasteiger partial charge in [0, 0.05) is 6.07 Å². The first-order valence-electron chi connectivity index (χ1n) is 6.65. The Kier molecular flexibility index (Phi) is 3.77. The molecule has 5 nitrogen and oxygen atoms in total. The second kappa shape index (κ2) is 5.62. The Balaban J connectivity index is 1.73. The highest BCUT2D eigenvalue weighted by atomic mass is 32.2. The lowest BCUT2D eigenvalue weighted by Gasteiger charge is -2.15. The zero-order valence-corrected chi connectivity index (χ0v) is 12.5. The van der Waals surface area contributed by atoms with Gasteiger partial charge in [-0.3, -0.25) is 4.79 Å². The first-order valence-corrected chi connectivity index (χ1v) is 8.09. The van der Waals surface area contributed by atoms with Gasteiger partial charge in [0.25, 0.3) is 15.9 Å². The van der Waals surface area contributed by atoms with Gasteiger partial charge in [0.15, 0.2) is 11.6 Å². The Morgan fingerprint density at radius 2 is 1.83 bits per heavy atom. The van der Waals surface area contributed by atoms with Crippen LogP contribution in [0.2, 0.25) is 0 Å². The van der Waals surface area contributed by atoms with Gasteiger partial charge in [0.1, 0.15) is 17.3 Å². The van der Waals surface area contributed by atoms with Gasteiger partial charge in [0.2, 0.25) is 0 Å². The van der Waals surface area contributed by atoms with Crippen LogP contribution in [0.25, 0.3) is 0 Å². The van der Waals surface area contributed by atoms with Crippen molar-refractivity contribution in [2.24, 2.45) is 0 Å². The number of carbonyl (C=O) groups is 1. The molecule has 1 amide bonds. The second-order valence-electron chi connectivity index (χ2n) is 4.80. The fourth-order valence-corrected chi connectivity index (χ4v) is 3.84. The number of rotatable bonds is 4. The fourth-order valence-electron chi connectivity index (χ4n) is 2.28. The normalized spacial score (nSPS) is 15.6. The number of fused-ring (bicyclic) bond motifs is 1. The molecule has 1 heterocycles. The number of carbonyl (C=O) groups excluding carboxylic acids is 1. The van der Waals surface area contributed by atoms with Crippen molar-refractivity contribution < 1.29 is 26.7 Å². The molecule has 0 radical (unpaired) electrons. The summed E-state index contributed by atoms with van der Waals surface area (Å²) in [5.41, 5.74) is 0.0977. The Hall–Kier alpha value is -2.48. The van der Waals surface area contributed by atoms with Gasteiger partial charge in [0.05, 0.1) is 12.1 Å². The predicted molar refractivity (Wildman–Crippen MR) is 76.5 cm³/mol. The van der Waals surface area contributed by atoms with Crippen LogP contribution in [0, 0.1) is 11.6 Å². The molecule has 2 aromatic carbocycles. The van der Waals surface area contributed by atoms with Crippen molar-refractivity contribution in [3.05, 3.63) is 59.7 Å². The molecule has 0 spiro atoms. The molecule has 0 bridgehead atoms. The van der Waals surface area contributed by atoms with Crippen molar-refractivity contribution in [2.75, 3.05) is 13.2 Å². The summed E-state index contributed by atoms with van der Waals surface area (Å²) in [6.45, 7) is -0.520. The van der Waals surface area contributed by atoms with E-state index in [0.717, 1.165) is 12.1 Å². The van der Waals surface area contributed by atoms with Gasteiger partial charge >= 0.3 is 0 Å². The molecule has 0 saturated carbocycles. The van der Waals surface area contributed by atoms with E-state index < -0.39 is 27.6 Å². The number of sulfonamides is 1. The molecule has 23 heavy (non-hydrogen) atoms. The molecule has 2 aromatic rings. The van der Waals surface area contributed by atoms with Gasteiger partial charge in [-0.1, -0.05) is 12.1 Å². The summed E-state index contributed by atoms with van der Waals surface area (Å²) in [6, 6.07) is 8.64. The average molecular weight is 339 g/mol. The molecule has 1 aliphatic heterocycles. The maximum absolute atomic E-state index is 13.4. The standard InChI is InChI=1S/C15H11F2NO4S/c16-10-5-6-13(12(17)9-10)22-8-7-18-15(19)11-3-1-2-4-14(11)23(18,20)21/h1-6,9H,7-8H2. The Morgan fingerprint density at radius 1 is 1.09 bits per heavy atom. The van der Waals surface area contributed by atoms with E-state index in [1.165, 1.54) is 18.2 Å². The zero-order valence-electron chi connectivity index (χ0n) is 11.7. The first kappa shape index (κ1) is 15.4. The number of benzene rings is 2. The third-order valence-corrected chi connectivity index (χ3v) is 5.20. The SMILES string of the molecule is O=C1c2ccccc2S(=O)(=O)N1CCOc1ccc(F)cc1F. The molecule has 1 aliphatic rings. The third-order valence-electron chi connectivity index (χ3n) is 3.36. The number of amides is 1. The largest absolute Gasteiger partial charge is 0.489 e. The average Bonchev–Trinajstić information content (AvgIpc) is 2.70. The number of ether oxygens (including phenoxy) is 1. The highest BCUT2D eigenvalue weighted by molar-refractivity contribution is 7.90. The molecule has 0 aliphatic carbocycles. The van der Waals surface area contributed by atoms with E-state index in [0.29, 0.717) is 10.4 Å². The number of hydrogen-bond donors (Lipinski definition) is 0. The highest BCUT2D eigenvalue weighted by Gasteiger charge is 2.40. The summed E-state index contributed by atoms with van der Waals surface area (Å²) < 4.78 is 56.5. The van der Waals surface area contributed by atoms with Crippen LogP contribution in [0.3, 0.4) is 0 Å². The molecule has 3 rings (SSSR count). The molecule has 8 heteroatoms. The summed E-state index contributed by atoms with van der Waals surface area (Å²) in [5, 5.41) is 0. The van der Waals surface area contributed by atoms with E-state index in [4.69, 9.17) is 4.74 Å². The van der Waals surface area contributed by atoms with Crippen molar-refractivity contribution in [2.45, 2.75) is 4.90 Å². The predicted octanol–water partition coefficient (Wildman–Crippen LogP) is 2.19. The molecule has 0 N–H and O–H groups in total. The second-order valence-corrected chi connectivity index (χ2v) is 6.63. The van der Waals surface area contributed by atoms with Crippen molar-refractivity contribution in [1.82, 2.24) is 4.31 Å². The lowest BCUT2D eigenvalue weighted by Crippen LogP contribution is -2.33. The van der Waals surface area contributed by atoms with Crippen LogP contribution >= 0.6 is 0 Å². The number of nitrogens with zero attached hydrogens (tertiary/aromatic N) is 1. The number of halogens is 2. The summed E-state index contributed by atoms with van der Waals surface area (Å²) in [5.74, 6) is -2.51. The maximum Gasteiger partial charge on any atom is 0.269 e. The van der Waals surface area contributed by atoms with Crippen LogP contribution in [0.1, 0.15) is 10.4 Å². The lowest BCUT2D eigenvalue weighted by atomic mass is 10.2. The lowest BCUT2D eigenvalue weighted by molar-refractivity contribution is 0.0856. The Bertz CT molecular complexity index is 883. The van der Waals surface area contributed by atoms with Gasteiger partial charge in [-0.15, -0.1) is 0 Å². The maximum atomic E-state index is 13.4. The Morgan fingerprint density at radius 3 is 2.52 bits per heavy atom. The van der Waals surface area contributed by atoms with E-state index in [1.807, 2.05) is 0 Å². The van der Waals surface area contributed by atoms with Gasteiger partial charge in [-0.2, -0.15) is 0 Å². The van der Waals surface area contributed by atoms with Crippen molar-refractivity contribution >= 4 is 15.9 Å². The highest BCUT2D eigenvalue weighted by Crippen LogP contribution is 2.29. The van der Waals surface area contributed by atoms with Gasteiger partial charge < -0.3 is 4.74 Å². The van der Waals surface area contributed by atoms with Crippen LogP contribution in [-0.2, 0) is 10.0 Å². The fraction of sp³-hybridized carbons (Fsp3) is 0.133. The first-order chi connectivity index (χ1) is 10.9. The minimum atomic E-state index is -3.92. The number of hydrogen-bond acceptors (Lipinski definition) is 4. The molecular formula is C15H11F2NO4S.